The van der Waals surface area contributed by atoms with Crippen LogP contribution in [0.25, 0.3) is 0 Å². The molecule has 2 unspecified atom stereocenters. The second-order valence-electron chi connectivity index (χ2n) is 7.06. The van der Waals surface area contributed by atoms with Crippen molar-refractivity contribution in [2.75, 3.05) is 26.2 Å². The van der Waals surface area contributed by atoms with Crippen molar-refractivity contribution in [3.63, 3.8) is 0 Å². The molecule has 2 amide bonds. The molecule has 134 valence electrons. The van der Waals surface area contributed by atoms with Crippen molar-refractivity contribution in [3.05, 3.63) is 0 Å². The SMILES string of the molecule is CC(N)C(C)C(=O)N1CCCN(C(=O)CC2CCCC2)CC1.Cl. The predicted molar refractivity (Wildman–Crippen MR) is 94.4 cm³/mol. The highest BCUT2D eigenvalue weighted by atomic mass is 35.5. The zero-order valence-corrected chi connectivity index (χ0v) is 15.3. The average molecular weight is 346 g/mol. The molecule has 1 aliphatic carbocycles. The van der Waals surface area contributed by atoms with Gasteiger partial charge in [-0.3, -0.25) is 9.59 Å². The van der Waals surface area contributed by atoms with Crippen molar-refractivity contribution < 1.29 is 9.59 Å². The first-order valence-corrected chi connectivity index (χ1v) is 8.81. The molecular formula is C17H32ClN3O2. The number of nitrogens with zero attached hydrogens (tertiary/aromatic N) is 2. The van der Waals surface area contributed by atoms with Crippen molar-refractivity contribution in [1.82, 2.24) is 9.80 Å². The van der Waals surface area contributed by atoms with Gasteiger partial charge in [-0.05, 0) is 32.1 Å². The van der Waals surface area contributed by atoms with Crippen LogP contribution in [-0.2, 0) is 9.59 Å². The molecule has 1 heterocycles. The fourth-order valence-electron chi connectivity index (χ4n) is 3.49. The first-order chi connectivity index (χ1) is 10.5. The molecule has 1 saturated carbocycles. The lowest BCUT2D eigenvalue weighted by Gasteiger charge is -2.26. The van der Waals surface area contributed by atoms with Gasteiger partial charge in [-0.15, -0.1) is 12.4 Å². The third-order valence-corrected chi connectivity index (χ3v) is 5.28. The highest BCUT2D eigenvalue weighted by molar-refractivity contribution is 5.85. The van der Waals surface area contributed by atoms with Crippen LogP contribution in [0.3, 0.4) is 0 Å². The van der Waals surface area contributed by atoms with Gasteiger partial charge in [-0.25, -0.2) is 0 Å². The van der Waals surface area contributed by atoms with Gasteiger partial charge in [0.25, 0.3) is 0 Å². The van der Waals surface area contributed by atoms with Gasteiger partial charge >= 0.3 is 0 Å². The van der Waals surface area contributed by atoms with Gasteiger partial charge in [0, 0.05) is 38.6 Å². The number of carbonyl (C=O) groups is 2. The van der Waals surface area contributed by atoms with E-state index in [9.17, 15) is 9.59 Å². The first kappa shape index (κ1) is 20.2. The van der Waals surface area contributed by atoms with Crippen molar-refractivity contribution in [1.29, 1.82) is 0 Å². The van der Waals surface area contributed by atoms with E-state index in [4.69, 9.17) is 5.73 Å². The second-order valence-corrected chi connectivity index (χ2v) is 7.06. The Morgan fingerprint density at radius 2 is 1.57 bits per heavy atom. The molecule has 0 aromatic carbocycles. The summed E-state index contributed by atoms with van der Waals surface area (Å²) < 4.78 is 0. The lowest BCUT2D eigenvalue weighted by molar-refractivity contribution is -0.136. The summed E-state index contributed by atoms with van der Waals surface area (Å²) in [7, 11) is 0. The largest absolute Gasteiger partial charge is 0.341 e. The monoisotopic (exact) mass is 345 g/mol. The summed E-state index contributed by atoms with van der Waals surface area (Å²) in [6.07, 6.45) is 6.52. The standard InChI is InChI=1S/C17H31N3O2.ClH/c1-13(14(2)18)17(22)20-9-5-8-19(10-11-20)16(21)12-15-6-3-4-7-15;/h13-15H,3-12,18H2,1-2H3;1H. The Hall–Kier alpha value is -0.810. The van der Waals surface area contributed by atoms with Gasteiger partial charge in [0.15, 0.2) is 0 Å². The zero-order chi connectivity index (χ0) is 16.1. The van der Waals surface area contributed by atoms with Crippen LogP contribution in [0.2, 0.25) is 0 Å². The Bertz CT molecular complexity index is 397. The minimum Gasteiger partial charge on any atom is -0.341 e. The number of hydrogen-bond donors (Lipinski definition) is 1. The van der Waals surface area contributed by atoms with Crippen molar-refractivity contribution in [2.45, 2.75) is 58.4 Å². The maximum Gasteiger partial charge on any atom is 0.227 e. The quantitative estimate of drug-likeness (QED) is 0.847. The minimum absolute atomic E-state index is 0. The van der Waals surface area contributed by atoms with Crippen molar-refractivity contribution in [2.24, 2.45) is 17.6 Å². The van der Waals surface area contributed by atoms with Crippen LogP contribution in [0.15, 0.2) is 0 Å². The lowest BCUT2D eigenvalue weighted by Crippen LogP contribution is -2.43. The molecule has 2 rings (SSSR count). The number of amides is 2. The van der Waals surface area contributed by atoms with Gasteiger partial charge in [0.2, 0.25) is 11.8 Å². The summed E-state index contributed by atoms with van der Waals surface area (Å²) in [5, 5.41) is 0. The number of halogens is 1. The van der Waals surface area contributed by atoms with Gasteiger partial charge in [-0.1, -0.05) is 19.8 Å². The first-order valence-electron chi connectivity index (χ1n) is 8.81. The molecule has 1 aliphatic heterocycles. The molecule has 2 fully saturated rings. The van der Waals surface area contributed by atoms with Gasteiger partial charge in [0.1, 0.15) is 0 Å². The zero-order valence-electron chi connectivity index (χ0n) is 14.5. The van der Waals surface area contributed by atoms with E-state index in [1.807, 2.05) is 23.6 Å². The molecule has 0 bridgehead atoms. The normalized spacial score (nSPS) is 22.2. The lowest BCUT2D eigenvalue weighted by atomic mass is 10.0. The molecule has 2 atom stereocenters. The van der Waals surface area contributed by atoms with Crippen LogP contribution in [0.5, 0.6) is 0 Å². The molecule has 0 aromatic heterocycles. The van der Waals surface area contributed by atoms with Crippen LogP contribution >= 0.6 is 12.4 Å². The number of nitrogens with two attached hydrogens (primary N) is 1. The van der Waals surface area contributed by atoms with Crippen LogP contribution in [0.1, 0.15) is 52.4 Å². The van der Waals surface area contributed by atoms with E-state index in [0.717, 1.165) is 19.5 Å². The summed E-state index contributed by atoms with van der Waals surface area (Å²) in [6, 6.07) is -0.129. The summed E-state index contributed by atoms with van der Waals surface area (Å²) in [5.41, 5.74) is 5.84. The Balaban J connectivity index is 0.00000264. The summed E-state index contributed by atoms with van der Waals surface area (Å²) >= 11 is 0. The Kier molecular flexibility index (Phi) is 8.34. The van der Waals surface area contributed by atoms with E-state index in [1.54, 1.807) is 0 Å². The fourth-order valence-corrected chi connectivity index (χ4v) is 3.49. The summed E-state index contributed by atoms with van der Waals surface area (Å²) in [6.45, 7) is 6.60. The van der Waals surface area contributed by atoms with E-state index < -0.39 is 0 Å². The third-order valence-electron chi connectivity index (χ3n) is 5.28. The van der Waals surface area contributed by atoms with Crippen LogP contribution in [-0.4, -0.2) is 53.8 Å². The van der Waals surface area contributed by atoms with Crippen molar-refractivity contribution >= 4 is 24.2 Å². The fraction of sp³-hybridized carbons (Fsp3) is 0.882. The molecule has 1 saturated heterocycles. The maximum atomic E-state index is 12.4. The van der Waals surface area contributed by atoms with Gasteiger partial charge in [-0.2, -0.15) is 0 Å². The molecular weight excluding hydrogens is 314 g/mol. The number of hydrogen-bond acceptors (Lipinski definition) is 3. The maximum absolute atomic E-state index is 12.4. The van der Waals surface area contributed by atoms with Gasteiger partial charge in [0.05, 0.1) is 5.92 Å². The molecule has 2 aliphatic rings. The van der Waals surface area contributed by atoms with E-state index >= 15 is 0 Å². The van der Waals surface area contributed by atoms with E-state index in [2.05, 4.69) is 0 Å². The van der Waals surface area contributed by atoms with E-state index in [-0.39, 0.29) is 36.2 Å². The highest BCUT2D eigenvalue weighted by Gasteiger charge is 2.27. The minimum atomic E-state index is -0.152. The number of rotatable bonds is 4. The molecule has 2 N–H and O–H groups in total. The Labute approximate surface area is 146 Å². The summed E-state index contributed by atoms with van der Waals surface area (Å²) in [4.78, 5) is 28.7. The Morgan fingerprint density at radius 3 is 2.17 bits per heavy atom. The molecule has 0 spiro atoms. The highest BCUT2D eigenvalue weighted by Crippen LogP contribution is 2.28. The van der Waals surface area contributed by atoms with Crippen LogP contribution < -0.4 is 5.73 Å². The van der Waals surface area contributed by atoms with Crippen LogP contribution in [0, 0.1) is 11.8 Å². The smallest absolute Gasteiger partial charge is 0.227 e. The molecule has 0 aromatic rings. The van der Waals surface area contributed by atoms with E-state index in [0.29, 0.717) is 25.4 Å². The number of carbonyl (C=O) groups excluding carboxylic acids is 2. The Morgan fingerprint density at radius 1 is 1.00 bits per heavy atom. The van der Waals surface area contributed by atoms with Gasteiger partial charge < -0.3 is 15.5 Å². The third kappa shape index (κ3) is 5.64. The topological polar surface area (TPSA) is 66.6 Å². The van der Waals surface area contributed by atoms with E-state index in [1.165, 1.54) is 25.7 Å². The average Bonchev–Trinajstić information content (AvgIpc) is 2.87. The van der Waals surface area contributed by atoms with Crippen LogP contribution in [0.4, 0.5) is 0 Å². The van der Waals surface area contributed by atoms with Crippen molar-refractivity contribution in [3.8, 4) is 0 Å². The molecule has 23 heavy (non-hydrogen) atoms. The molecule has 0 radical (unpaired) electrons. The molecule has 6 heteroatoms. The summed E-state index contributed by atoms with van der Waals surface area (Å²) in [5.74, 6) is 0.842. The molecule has 5 nitrogen and oxygen atoms in total. The predicted octanol–water partition coefficient (Wildman–Crippen LogP) is 2.03. The second kappa shape index (κ2) is 9.48.